The summed E-state index contributed by atoms with van der Waals surface area (Å²) in [6, 6.07) is 8.37. The van der Waals surface area contributed by atoms with Crippen LogP contribution in [0, 0.1) is 10.8 Å². The molecule has 1 N–H and O–H groups in total. The molecule has 10 heteroatoms. The lowest BCUT2D eigenvalue weighted by Crippen LogP contribution is -2.43. The number of piperidine rings is 2. The number of nitrogens with zero attached hydrogens (tertiary/aromatic N) is 5. The van der Waals surface area contributed by atoms with Crippen molar-refractivity contribution in [3.8, 4) is 0 Å². The Balaban J connectivity index is 0.000000227. The minimum atomic E-state index is -0.419. The predicted molar refractivity (Wildman–Crippen MR) is 171 cm³/mol. The second-order valence-corrected chi connectivity index (χ2v) is 13.0. The number of carbonyl (C=O) groups is 1. The van der Waals surface area contributed by atoms with E-state index in [0.29, 0.717) is 5.41 Å². The smallest absolute Gasteiger partial charge is 0.410 e. The minimum Gasteiger partial charge on any atom is -0.444 e. The Morgan fingerprint density at radius 2 is 1.22 bits per heavy atom. The van der Waals surface area contributed by atoms with Gasteiger partial charge in [-0.3, -0.25) is 9.97 Å². The van der Waals surface area contributed by atoms with Crippen molar-refractivity contribution in [2.45, 2.75) is 64.9 Å². The van der Waals surface area contributed by atoms with Crippen molar-refractivity contribution in [2.24, 2.45) is 10.8 Å². The second-order valence-electron chi connectivity index (χ2n) is 13.0. The highest BCUT2D eigenvalue weighted by Crippen LogP contribution is 2.42. The van der Waals surface area contributed by atoms with Gasteiger partial charge in [0.05, 0.1) is 0 Å². The Labute approximate surface area is 258 Å². The van der Waals surface area contributed by atoms with Gasteiger partial charge in [0.2, 0.25) is 0 Å². The van der Waals surface area contributed by atoms with Crippen molar-refractivity contribution in [3.05, 3.63) is 49.1 Å². The molecule has 6 rings (SSSR count). The molecule has 6 heterocycles. The maximum absolute atomic E-state index is 12.3. The van der Waals surface area contributed by atoms with Crippen LogP contribution in [0.15, 0.2) is 49.1 Å². The first-order valence-electron chi connectivity index (χ1n) is 14.7. The summed E-state index contributed by atoms with van der Waals surface area (Å²) >= 11 is 0. The van der Waals surface area contributed by atoms with Crippen molar-refractivity contribution < 1.29 is 9.53 Å². The van der Waals surface area contributed by atoms with Crippen molar-refractivity contribution in [1.82, 2.24) is 20.2 Å². The number of amides is 1. The molecule has 0 unspecified atom stereocenters. The zero-order valence-electron chi connectivity index (χ0n) is 24.9. The molecule has 4 saturated heterocycles. The maximum Gasteiger partial charge on any atom is 0.410 e. The maximum atomic E-state index is 12.3. The van der Waals surface area contributed by atoms with Gasteiger partial charge >= 0.3 is 6.09 Å². The lowest BCUT2D eigenvalue weighted by molar-refractivity contribution is 0.0266. The van der Waals surface area contributed by atoms with E-state index in [2.05, 4.69) is 49.4 Å². The zero-order chi connectivity index (χ0) is 27.3. The Morgan fingerprint density at radius 3 is 1.66 bits per heavy atom. The molecule has 8 nitrogen and oxygen atoms in total. The third-order valence-corrected chi connectivity index (χ3v) is 9.13. The van der Waals surface area contributed by atoms with E-state index in [-0.39, 0.29) is 36.3 Å². The van der Waals surface area contributed by atoms with E-state index in [0.717, 1.165) is 45.4 Å². The van der Waals surface area contributed by atoms with E-state index in [1.165, 1.54) is 56.8 Å². The van der Waals surface area contributed by atoms with E-state index in [9.17, 15) is 4.79 Å². The highest BCUT2D eigenvalue weighted by molar-refractivity contribution is 5.85. The number of halogens is 2. The first-order chi connectivity index (χ1) is 18.8. The summed E-state index contributed by atoms with van der Waals surface area (Å²) in [5.41, 5.74) is 3.05. The highest BCUT2D eigenvalue weighted by atomic mass is 35.5. The molecule has 2 aromatic rings. The van der Waals surface area contributed by atoms with Crippen molar-refractivity contribution >= 4 is 42.3 Å². The van der Waals surface area contributed by atoms with Gasteiger partial charge in [0, 0.05) is 82.0 Å². The Bertz CT molecular complexity index is 1060. The number of hydrogen-bond donors (Lipinski definition) is 1. The molecule has 41 heavy (non-hydrogen) atoms. The standard InChI is InChI=1S/C18H27N3O2.C13H19N3.2ClH/c1-17(2,3)23-16(22)21-13-8-18(14-21)6-11-20(12-7-18)15-4-9-19-10-5-15;1-6-14-7-2-12(1)16-9-4-13(5-10-16)3-8-15-11-13;;/h4-5,9-10H,6-8,11-14H2,1-3H3;1-2,6-7,15H,3-5,8-11H2;2*1H. The first-order valence-corrected chi connectivity index (χ1v) is 14.7. The van der Waals surface area contributed by atoms with E-state index < -0.39 is 5.60 Å². The second kappa shape index (κ2) is 14.3. The molecule has 0 atom stereocenters. The molecular formula is C31H48Cl2N6O2. The van der Waals surface area contributed by atoms with Gasteiger partial charge < -0.3 is 24.8 Å². The van der Waals surface area contributed by atoms with Gasteiger partial charge in [-0.2, -0.15) is 0 Å². The number of carbonyl (C=O) groups excluding carboxylic acids is 1. The summed E-state index contributed by atoms with van der Waals surface area (Å²) < 4.78 is 5.52. The molecule has 0 aromatic carbocycles. The zero-order valence-corrected chi connectivity index (χ0v) is 26.5. The monoisotopic (exact) mass is 606 g/mol. The van der Waals surface area contributed by atoms with Gasteiger partial charge in [-0.25, -0.2) is 4.79 Å². The predicted octanol–water partition coefficient (Wildman–Crippen LogP) is 5.81. The van der Waals surface area contributed by atoms with Crippen LogP contribution in [0.2, 0.25) is 0 Å². The number of hydrogen-bond acceptors (Lipinski definition) is 7. The molecule has 1 amide bonds. The SMILES string of the molecule is CC(C)(C)OC(=O)N1CCC2(CCN(c3ccncc3)CC2)C1.Cl.Cl.c1cc(N2CCC3(CCNC3)CC2)ccn1. The highest BCUT2D eigenvalue weighted by Gasteiger charge is 2.43. The van der Waals surface area contributed by atoms with Crippen LogP contribution in [-0.4, -0.2) is 78.9 Å². The third kappa shape index (κ3) is 8.62. The van der Waals surface area contributed by atoms with Crippen LogP contribution in [0.3, 0.4) is 0 Å². The van der Waals surface area contributed by atoms with Crippen molar-refractivity contribution in [1.29, 1.82) is 0 Å². The lowest BCUT2D eigenvalue weighted by atomic mass is 9.77. The number of likely N-dealkylation sites (tertiary alicyclic amines) is 1. The van der Waals surface area contributed by atoms with Crippen molar-refractivity contribution in [2.75, 3.05) is 62.2 Å². The largest absolute Gasteiger partial charge is 0.444 e. The van der Waals surface area contributed by atoms with Crippen LogP contribution in [-0.2, 0) is 4.74 Å². The van der Waals surface area contributed by atoms with Gasteiger partial charge in [0.1, 0.15) is 5.60 Å². The average Bonchev–Trinajstić information content (AvgIpc) is 3.58. The molecule has 2 aromatic heterocycles. The Morgan fingerprint density at radius 1 is 0.756 bits per heavy atom. The molecule has 228 valence electrons. The van der Waals surface area contributed by atoms with Crippen LogP contribution < -0.4 is 15.1 Å². The molecule has 0 aliphatic carbocycles. The fourth-order valence-corrected chi connectivity index (χ4v) is 6.64. The van der Waals surface area contributed by atoms with Gasteiger partial charge in [0.15, 0.2) is 0 Å². The number of rotatable bonds is 2. The fourth-order valence-electron chi connectivity index (χ4n) is 6.64. The third-order valence-electron chi connectivity index (χ3n) is 9.13. The number of ether oxygens (including phenoxy) is 1. The van der Waals surface area contributed by atoms with Gasteiger partial charge in [0.25, 0.3) is 0 Å². The summed E-state index contributed by atoms with van der Waals surface area (Å²) in [5, 5.41) is 3.51. The molecule has 0 bridgehead atoms. The van der Waals surface area contributed by atoms with Gasteiger partial charge in [-0.15, -0.1) is 24.8 Å². The van der Waals surface area contributed by atoms with Gasteiger partial charge in [-0.05, 0) is 101 Å². The van der Waals surface area contributed by atoms with E-state index >= 15 is 0 Å². The summed E-state index contributed by atoms with van der Waals surface area (Å²) in [7, 11) is 0. The average molecular weight is 608 g/mol. The summed E-state index contributed by atoms with van der Waals surface area (Å²) in [4.78, 5) is 27.2. The molecule has 4 fully saturated rings. The van der Waals surface area contributed by atoms with E-state index in [1.54, 1.807) is 0 Å². The normalized spacial score (nSPS) is 21.0. The number of nitrogens with one attached hydrogen (secondary N) is 1. The summed E-state index contributed by atoms with van der Waals surface area (Å²) in [6.07, 6.45) is 14.7. The van der Waals surface area contributed by atoms with Crippen LogP contribution in [0.4, 0.5) is 16.2 Å². The van der Waals surface area contributed by atoms with E-state index in [4.69, 9.17) is 4.74 Å². The minimum absolute atomic E-state index is 0. The fraction of sp³-hybridized carbons (Fsp3) is 0.645. The first kappa shape index (κ1) is 33.2. The molecule has 4 aliphatic heterocycles. The molecule has 2 spiro atoms. The number of pyridine rings is 2. The molecule has 4 aliphatic rings. The van der Waals surface area contributed by atoms with Crippen LogP contribution in [0.25, 0.3) is 0 Å². The number of aromatic nitrogens is 2. The molecule has 0 radical (unpaired) electrons. The Kier molecular flexibility index (Phi) is 11.5. The van der Waals surface area contributed by atoms with Crippen molar-refractivity contribution in [3.63, 3.8) is 0 Å². The van der Waals surface area contributed by atoms with E-state index in [1.807, 2.05) is 50.5 Å². The molecule has 0 saturated carbocycles. The topological polar surface area (TPSA) is 73.8 Å². The van der Waals surface area contributed by atoms with Crippen LogP contribution in [0.5, 0.6) is 0 Å². The quantitative estimate of drug-likeness (QED) is 0.462. The summed E-state index contributed by atoms with van der Waals surface area (Å²) in [6.45, 7) is 14.4. The Hall–Kier alpha value is -2.29. The summed E-state index contributed by atoms with van der Waals surface area (Å²) in [5.74, 6) is 0. The molecular weight excluding hydrogens is 559 g/mol. The lowest BCUT2D eigenvalue weighted by Gasteiger charge is -2.40. The number of anilines is 2. The van der Waals surface area contributed by atoms with Gasteiger partial charge in [-0.1, -0.05) is 0 Å². The van der Waals surface area contributed by atoms with Crippen LogP contribution >= 0.6 is 24.8 Å². The van der Waals surface area contributed by atoms with Crippen LogP contribution in [0.1, 0.15) is 59.3 Å².